The molecule has 0 fully saturated rings. The predicted molar refractivity (Wildman–Crippen MR) is 131 cm³/mol. The molecule has 3 rings (SSSR count). The zero-order valence-electron chi connectivity index (χ0n) is 16.1. The van der Waals surface area contributed by atoms with Crippen molar-refractivity contribution in [2.75, 3.05) is 0 Å². The van der Waals surface area contributed by atoms with Crippen LogP contribution in [-0.2, 0) is 20.2 Å². The molecule has 10 nitrogen and oxygen atoms in total. The zero-order valence-corrected chi connectivity index (χ0v) is 17.7. The average molecular weight is 524 g/mol. The number of phenols is 2. The van der Waals surface area contributed by atoms with Gasteiger partial charge < -0.3 is 10.2 Å². The Labute approximate surface area is 240 Å². The van der Waals surface area contributed by atoms with Crippen LogP contribution < -0.4 is 0 Å². The third-order valence-electron chi connectivity index (χ3n) is 4.16. The normalized spacial score (nSPS) is 11.8. The van der Waals surface area contributed by atoms with Crippen molar-refractivity contribution in [3.63, 3.8) is 0 Å². The Bertz CT molecular complexity index is 1350. The maximum absolute atomic E-state index is 11.3. The molecule has 4 N–H and O–H groups in total. The molecule has 0 aliphatic carbocycles. The van der Waals surface area contributed by atoms with Crippen LogP contribution in [0.3, 0.4) is 0 Å². The van der Waals surface area contributed by atoms with Crippen LogP contribution in [0.4, 0.5) is 11.4 Å². The molecule has 3 aromatic rings. The van der Waals surface area contributed by atoms with Gasteiger partial charge in [-0.05, 0) is 48.5 Å². The molecule has 14 heteroatoms. The van der Waals surface area contributed by atoms with Crippen LogP contribution >= 0.6 is 0 Å². The second-order valence-corrected chi connectivity index (χ2v) is 9.24. The van der Waals surface area contributed by atoms with Crippen LogP contribution in [0.15, 0.2) is 80.4 Å². The predicted octanol–water partition coefficient (Wildman–Crippen LogP) is 1.80. The summed E-state index contributed by atoms with van der Waals surface area (Å²) in [4.78, 5) is 7.52. The van der Waals surface area contributed by atoms with Gasteiger partial charge in [0, 0.05) is 23.6 Å². The maximum atomic E-state index is 11.3. The van der Waals surface area contributed by atoms with Crippen molar-refractivity contribution in [1.29, 1.82) is 0 Å². The third kappa shape index (κ3) is 7.99. The molecule has 170 valence electrons. The summed E-state index contributed by atoms with van der Waals surface area (Å²) in [7, 11) is -8.94. The molecule has 0 amide bonds. The third-order valence-corrected chi connectivity index (χ3v) is 5.86. The second-order valence-electron chi connectivity index (χ2n) is 6.40. The quantitative estimate of drug-likeness (QED) is 0.214. The number of hydrogen-bond acceptors (Lipinski definition) is 8. The summed E-state index contributed by atoms with van der Waals surface area (Å²) < 4.78 is 63.5. The number of nitrogens with zero attached hydrogens (tertiary/aromatic N) is 2. The number of phenolic OH excluding ortho intramolecular Hbond substituents is 2. The summed E-state index contributed by atoms with van der Waals surface area (Å²) in [5, 5.41) is 19.9. The van der Waals surface area contributed by atoms with Crippen molar-refractivity contribution < 1.29 is 36.2 Å². The summed E-state index contributed by atoms with van der Waals surface area (Å²) in [6, 6.07) is 12.8. The number of aliphatic imine (C=N–C) groups is 2. The van der Waals surface area contributed by atoms with Gasteiger partial charge in [-0.3, -0.25) is 19.1 Å². The Kier molecular flexibility index (Phi) is 11.1. The van der Waals surface area contributed by atoms with E-state index in [0.717, 1.165) is 36.4 Å². The van der Waals surface area contributed by atoms with Gasteiger partial charge in [-0.2, -0.15) is 16.8 Å². The van der Waals surface area contributed by atoms with Gasteiger partial charge in [-0.15, -0.1) is 0 Å². The van der Waals surface area contributed by atoms with Crippen LogP contribution in [0.5, 0.6) is 11.5 Å². The molecule has 0 aromatic heterocycles. The molecular formula is C20H18N2Na2O8S2. The molecule has 0 bridgehead atoms. The van der Waals surface area contributed by atoms with Crippen LogP contribution in [0.1, 0.15) is 11.1 Å². The fourth-order valence-electron chi connectivity index (χ4n) is 2.55. The molecule has 0 atom stereocenters. The first kappa shape index (κ1) is 30.5. The van der Waals surface area contributed by atoms with E-state index in [2.05, 4.69) is 9.98 Å². The Morgan fingerprint density at radius 2 is 0.971 bits per heavy atom. The molecule has 0 saturated carbocycles. The molecule has 0 spiro atoms. The van der Waals surface area contributed by atoms with E-state index in [9.17, 15) is 27.0 Å². The molecule has 0 radical (unpaired) electrons. The second kappa shape index (κ2) is 12.4. The van der Waals surface area contributed by atoms with E-state index in [-0.39, 0.29) is 81.7 Å². The number of aromatic hydroxyl groups is 2. The van der Waals surface area contributed by atoms with E-state index >= 15 is 0 Å². The van der Waals surface area contributed by atoms with Crippen molar-refractivity contribution in [3.8, 4) is 11.5 Å². The van der Waals surface area contributed by atoms with Crippen LogP contribution in [-0.4, -0.2) is 108 Å². The van der Waals surface area contributed by atoms with E-state index in [4.69, 9.17) is 9.11 Å². The van der Waals surface area contributed by atoms with Crippen LogP contribution in [0.25, 0.3) is 0 Å². The van der Waals surface area contributed by atoms with Crippen LogP contribution in [0.2, 0.25) is 0 Å². The number of rotatable bonds is 6. The van der Waals surface area contributed by atoms with Gasteiger partial charge in [0.25, 0.3) is 20.2 Å². The SMILES string of the molecule is O=S(=O)(O)c1ccc(O)c(/C=N\c2ccccc2/N=C/c2cc(S(=O)(=O)O)ccc2O)c1.[NaH].[NaH]. The average Bonchev–Trinajstić information content (AvgIpc) is 2.71. The van der Waals surface area contributed by atoms with E-state index in [0.29, 0.717) is 11.4 Å². The van der Waals surface area contributed by atoms with Gasteiger partial charge in [0.1, 0.15) is 11.5 Å². The summed E-state index contributed by atoms with van der Waals surface area (Å²) in [6.07, 6.45) is 2.35. The zero-order chi connectivity index (χ0) is 23.5. The Hall–Kier alpha value is -1.58. The molecule has 0 aliphatic rings. The first-order valence-electron chi connectivity index (χ1n) is 8.73. The Morgan fingerprint density at radius 3 is 1.29 bits per heavy atom. The molecule has 0 unspecified atom stereocenters. The summed E-state index contributed by atoms with van der Waals surface area (Å²) in [6.45, 7) is 0. The standard InChI is InChI=1S/C20H16N2O8S2.2Na.2H/c23-19-7-5-15(31(25,26)27)9-13(19)11-21-17-3-1-2-4-18(17)22-12-14-10-16(32(28,29)30)6-8-20(14)24;;;;/h1-12,23-24H,(H,25,26,27)(H,28,29,30);;;;/b21-11-,22-12+;;;;. The molecule has 0 heterocycles. The number of benzene rings is 3. The van der Waals surface area contributed by atoms with Crippen molar-refractivity contribution in [2.45, 2.75) is 9.79 Å². The monoisotopic (exact) mass is 524 g/mol. The van der Waals surface area contributed by atoms with E-state index < -0.39 is 30.0 Å². The van der Waals surface area contributed by atoms with Gasteiger partial charge >= 0.3 is 59.1 Å². The molecular weight excluding hydrogens is 506 g/mol. The minimum absolute atomic E-state index is 0. The summed E-state index contributed by atoms with van der Waals surface area (Å²) >= 11 is 0. The van der Waals surface area contributed by atoms with Gasteiger partial charge in [-0.25, -0.2) is 0 Å². The fourth-order valence-corrected chi connectivity index (χ4v) is 3.59. The van der Waals surface area contributed by atoms with Crippen molar-refractivity contribution in [2.24, 2.45) is 9.98 Å². The van der Waals surface area contributed by atoms with E-state index in [1.807, 2.05) is 0 Å². The van der Waals surface area contributed by atoms with E-state index in [1.54, 1.807) is 24.3 Å². The molecule has 0 aliphatic heterocycles. The number of para-hydroxylation sites is 2. The topological polar surface area (TPSA) is 174 Å². The van der Waals surface area contributed by atoms with E-state index in [1.165, 1.54) is 12.4 Å². The first-order chi connectivity index (χ1) is 14.9. The van der Waals surface area contributed by atoms with Gasteiger partial charge in [-0.1, -0.05) is 12.1 Å². The minimum atomic E-state index is -4.47. The van der Waals surface area contributed by atoms with Crippen molar-refractivity contribution in [1.82, 2.24) is 0 Å². The van der Waals surface area contributed by atoms with Crippen LogP contribution in [0, 0.1) is 0 Å². The Balaban J connectivity index is 0.00000289. The number of hydrogen-bond donors (Lipinski definition) is 4. The fraction of sp³-hybridized carbons (Fsp3) is 0. The molecule has 3 aromatic carbocycles. The molecule has 0 saturated heterocycles. The van der Waals surface area contributed by atoms with Crippen molar-refractivity contribution >= 4 is 103 Å². The molecule has 34 heavy (non-hydrogen) atoms. The van der Waals surface area contributed by atoms with Gasteiger partial charge in [0.2, 0.25) is 0 Å². The summed E-state index contributed by atoms with van der Waals surface area (Å²) in [5.74, 6) is -0.539. The van der Waals surface area contributed by atoms with Gasteiger partial charge in [0.15, 0.2) is 0 Å². The Morgan fingerprint density at radius 1 is 0.618 bits per heavy atom. The van der Waals surface area contributed by atoms with Crippen molar-refractivity contribution in [3.05, 3.63) is 71.8 Å². The first-order valence-corrected chi connectivity index (χ1v) is 11.6. The summed E-state index contributed by atoms with van der Waals surface area (Å²) in [5.41, 5.74) is 0.645. The van der Waals surface area contributed by atoms with Gasteiger partial charge in [0.05, 0.1) is 21.2 Å².